The zero-order chi connectivity index (χ0) is 19.6. The van der Waals surface area contributed by atoms with Crippen molar-refractivity contribution in [3.63, 3.8) is 0 Å². The molecule has 3 rings (SSSR count). The topological polar surface area (TPSA) is 72.2 Å². The van der Waals surface area contributed by atoms with Crippen LogP contribution in [0, 0.1) is 0 Å². The molecule has 0 saturated carbocycles. The van der Waals surface area contributed by atoms with Gasteiger partial charge < -0.3 is 15.5 Å². The first-order valence-electron chi connectivity index (χ1n) is 9.08. The van der Waals surface area contributed by atoms with Crippen LogP contribution in [0.3, 0.4) is 0 Å². The third-order valence-corrected chi connectivity index (χ3v) is 5.41. The molecule has 0 bridgehead atoms. The van der Waals surface area contributed by atoms with E-state index in [1.165, 1.54) is 0 Å². The SMILES string of the molecule is C[N+](C)(CCBr)CCCNc1ccc(N)c2c1C(=O)c1ccccc1C2=O. The normalized spacial score (nSPS) is 13.3. The summed E-state index contributed by atoms with van der Waals surface area (Å²) in [6.45, 7) is 2.80. The number of ketones is 2. The first-order chi connectivity index (χ1) is 12.9. The average molecular weight is 431 g/mol. The second kappa shape index (κ2) is 7.82. The molecule has 0 atom stereocenters. The number of alkyl halides is 1. The molecule has 0 spiro atoms. The highest BCUT2D eigenvalue weighted by Crippen LogP contribution is 2.35. The number of rotatable bonds is 7. The number of hydrogen-bond donors (Lipinski definition) is 2. The van der Waals surface area contributed by atoms with Crippen LogP contribution in [-0.2, 0) is 0 Å². The van der Waals surface area contributed by atoms with Gasteiger partial charge in [-0.1, -0.05) is 40.2 Å². The molecule has 0 aliphatic heterocycles. The van der Waals surface area contributed by atoms with E-state index in [1.54, 1.807) is 36.4 Å². The second-order valence-electron chi connectivity index (χ2n) is 7.51. The minimum Gasteiger partial charge on any atom is -0.398 e. The third-order valence-electron chi connectivity index (χ3n) is 5.05. The van der Waals surface area contributed by atoms with Gasteiger partial charge in [-0.3, -0.25) is 9.59 Å². The number of nitrogens with one attached hydrogen (secondary N) is 1. The summed E-state index contributed by atoms with van der Waals surface area (Å²) in [5.74, 6) is -0.332. The van der Waals surface area contributed by atoms with E-state index in [-0.39, 0.29) is 11.6 Å². The van der Waals surface area contributed by atoms with Crippen molar-refractivity contribution >= 4 is 38.9 Å². The smallest absolute Gasteiger partial charge is 0.196 e. The van der Waals surface area contributed by atoms with E-state index < -0.39 is 0 Å². The minimum atomic E-state index is -0.184. The van der Waals surface area contributed by atoms with Crippen molar-refractivity contribution in [2.24, 2.45) is 0 Å². The maximum atomic E-state index is 13.0. The molecule has 0 unspecified atom stereocenters. The summed E-state index contributed by atoms with van der Waals surface area (Å²) in [5, 5.41) is 4.31. The number of halogens is 1. The third kappa shape index (κ3) is 3.92. The molecule has 0 aromatic heterocycles. The van der Waals surface area contributed by atoms with Crippen molar-refractivity contribution in [1.29, 1.82) is 0 Å². The molecule has 1 aliphatic carbocycles. The molecular weight excluding hydrogens is 406 g/mol. The predicted octanol–water partition coefficient (Wildman–Crippen LogP) is 3.32. The van der Waals surface area contributed by atoms with Crippen LogP contribution in [0.25, 0.3) is 0 Å². The van der Waals surface area contributed by atoms with Crippen LogP contribution in [0.1, 0.15) is 38.3 Å². The Kier molecular flexibility index (Phi) is 5.67. The van der Waals surface area contributed by atoms with Crippen LogP contribution >= 0.6 is 15.9 Å². The number of nitrogens with two attached hydrogens (primary N) is 1. The van der Waals surface area contributed by atoms with Gasteiger partial charge in [-0.15, -0.1) is 0 Å². The first-order valence-corrected chi connectivity index (χ1v) is 10.2. The van der Waals surface area contributed by atoms with Gasteiger partial charge in [0, 0.05) is 35.5 Å². The molecule has 6 heteroatoms. The van der Waals surface area contributed by atoms with Gasteiger partial charge in [0.25, 0.3) is 0 Å². The maximum Gasteiger partial charge on any atom is 0.196 e. The molecule has 0 fully saturated rings. The highest BCUT2D eigenvalue weighted by Gasteiger charge is 2.33. The summed E-state index contributed by atoms with van der Waals surface area (Å²) in [7, 11) is 4.40. The summed E-state index contributed by atoms with van der Waals surface area (Å²) < 4.78 is 0.928. The van der Waals surface area contributed by atoms with Crippen molar-refractivity contribution in [2.45, 2.75) is 6.42 Å². The fourth-order valence-corrected chi connectivity index (χ4v) is 4.43. The van der Waals surface area contributed by atoms with Crippen LogP contribution in [0.2, 0.25) is 0 Å². The van der Waals surface area contributed by atoms with Crippen molar-refractivity contribution < 1.29 is 14.1 Å². The first kappa shape index (κ1) is 19.6. The number of nitrogen functional groups attached to an aromatic ring is 1. The molecule has 0 radical (unpaired) electrons. The van der Waals surface area contributed by atoms with Crippen molar-refractivity contribution in [2.75, 3.05) is 50.1 Å². The number of nitrogens with zero attached hydrogens (tertiary/aromatic N) is 1. The van der Waals surface area contributed by atoms with E-state index in [1.807, 2.05) is 0 Å². The fraction of sp³-hybridized carbons (Fsp3) is 0.333. The number of hydrogen-bond acceptors (Lipinski definition) is 4. The lowest BCUT2D eigenvalue weighted by atomic mass is 9.82. The highest BCUT2D eigenvalue weighted by atomic mass is 79.9. The maximum absolute atomic E-state index is 13.0. The van der Waals surface area contributed by atoms with Gasteiger partial charge in [0.1, 0.15) is 0 Å². The number of benzene rings is 2. The van der Waals surface area contributed by atoms with E-state index in [2.05, 4.69) is 35.3 Å². The van der Waals surface area contributed by atoms with Crippen LogP contribution in [0.4, 0.5) is 11.4 Å². The molecule has 1 aliphatic rings. The van der Waals surface area contributed by atoms with Gasteiger partial charge in [-0.05, 0) is 12.1 Å². The van der Waals surface area contributed by atoms with Crippen molar-refractivity contribution in [3.8, 4) is 0 Å². The van der Waals surface area contributed by atoms with Crippen molar-refractivity contribution in [1.82, 2.24) is 0 Å². The standard InChI is InChI=1S/C21H24BrN3O2/c1-25(2,13-10-22)12-5-11-24-17-9-8-16(23)18-19(17)21(27)15-7-4-3-6-14(15)20(18)26/h3-4,6-9H,5,10-13H2,1-2H3,(H2-,23,24,26,27)/p+1. The van der Waals surface area contributed by atoms with Gasteiger partial charge >= 0.3 is 0 Å². The Balaban J connectivity index is 1.83. The second-order valence-corrected chi connectivity index (χ2v) is 8.30. The molecule has 2 aromatic carbocycles. The Morgan fingerprint density at radius 2 is 1.59 bits per heavy atom. The molecule has 0 heterocycles. The van der Waals surface area contributed by atoms with E-state index in [9.17, 15) is 9.59 Å². The molecule has 2 aromatic rings. The van der Waals surface area contributed by atoms with Crippen LogP contribution < -0.4 is 11.1 Å². The molecule has 3 N–H and O–H groups in total. The Bertz CT molecular complexity index is 893. The van der Waals surface area contributed by atoms with E-state index in [0.717, 1.165) is 35.9 Å². The molecule has 27 heavy (non-hydrogen) atoms. The number of carbonyl (C=O) groups is 2. The van der Waals surface area contributed by atoms with Crippen LogP contribution in [-0.4, -0.2) is 55.1 Å². The molecule has 142 valence electrons. The molecular formula is C21H25BrN3O2+. The van der Waals surface area contributed by atoms with E-state index in [4.69, 9.17) is 5.73 Å². The molecule has 0 saturated heterocycles. The largest absolute Gasteiger partial charge is 0.398 e. The Labute approximate surface area is 168 Å². The van der Waals surface area contributed by atoms with E-state index >= 15 is 0 Å². The summed E-state index contributed by atoms with van der Waals surface area (Å²) in [6, 6.07) is 10.4. The summed E-state index contributed by atoms with van der Waals surface area (Å²) in [5.41, 5.74) is 8.66. The number of fused-ring (bicyclic) bond motifs is 2. The molecule has 5 nitrogen and oxygen atoms in total. The Morgan fingerprint density at radius 1 is 0.963 bits per heavy atom. The predicted molar refractivity (Wildman–Crippen MR) is 113 cm³/mol. The Hall–Kier alpha value is -2.18. The monoisotopic (exact) mass is 430 g/mol. The highest BCUT2D eigenvalue weighted by molar-refractivity contribution is 9.09. The molecule has 0 amide bonds. The zero-order valence-corrected chi connectivity index (χ0v) is 17.3. The zero-order valence-electron chi connectivity index (χ0n) is 15.7. The van der Waals surface area contributed by atoms with Crippen LogP contribution in [0.15, 0.2) is 36.4 Å². The van der Waals surface area contributed by atoms with Gasteiger partial charge in [-0.2, -0.15) is 0 Å². The number of carbonyl (C=O) groups excluding carboxylic acids is 2. The lowest BCUT2D eigenvalue weighted by Crippen LogP contribution is -2.42. The average Bonchev–Trinajstić information content (AvgIpc) is 2.64. The number of anilines is 2. The lowest BCUT2D eigenvalue weighted by molar-refractivity contribution is -0.887. The van der Waals surface area contributed by atoms with Crippen molar-refractivity contribution in [3.05, 3.63) is 58.7 Å². The summed E-state index contributed by atoms with van der Waals surface area (Å²) in [4.78, 5) is 25.9. The van der Waals surface area contributed by atoms with Gasteiger partial charge in [-0.25, -0.2) is 0 Å². The van der Waals surface area contributed by atoms with Gasteiger partial charge in [0.15, 0.2) is 11.6 Å². The van der Waals surface area contributed by atoms with Crippen LogP contribution in [0.5, 0.6) is 0 Å². The van der Waals surface area contributed by atoms with E-state index in [0.29, 0.717) is 33.6 Å². The fourth-order valence-electron chi connectivity index (χ4n) is 3.47. The number of quaternary nitrogens is 1. The van der Waals surface area contributed by atoms with Gasteiger partial charge in [0.05, 0.1) is 43.6 Å². The summed E-state index contributed by atoms with van der Waals surface area (Å²) in [6.07, 6.45) is 0.956. The summed E-state index contributed by atoms with van der Waals surface area (Å²) >= 11 is 3.49. The Morgan fingerprint density at radius 3 is 2.22 bits per heavy atom. The minimum absolute atomic E-state index is 0.148. The quantitative estimate of drug-likeness (QED) is 0.261. The van der Waals surface area contributed by atoms with Gasteiger partial charge in [0.2, 0.25) is 0 Å². The lowest BCUT2D eigenvalue weighted by Gasteiger charge is -2.29.